The normalized spacial score (nSPS) is 10.5. The van der Waals surface area contributed by atoms with Gasteiger partial charge in [0.15, 0.2) is 5.13 Å². The molecule has 2 rings (SSSR count). The minimum Gasteiger partial charge on any atom is -0.316 e. The highest BCUT2D eigenvalue weighted by Crippen LogP contribution is 2.25. The number of halogens is 1. The first-order valence-electron chi connectivity index (χ1n) is 4.90. The SMILES string of the molecule is Cc1nc(Nc2nc(C)c(C)s2)ccc1Br. The molecule has 0 atom stereocenters. The van der Waals surface area contributed by atoms with Crippen LogP contribution in [-0.2, 0) is 0 Å². The van der Waals surface area contributed by atoms with Crippen LogP contribution in [0.2, 0.25) is 0 Å². The van der Waals surface area contributed by atoms with Crippen molar-refractivity contribution >= 4 is 38.2 Å². The molecule has 2 aromatic rings. The van der Waals surface area contributed by atoms with Crippen molar-refractivity contribution < 1.29 is 0 Å². The van der Waals surface area contributed by atoms with Gasteiger partial charge >= 0.3 is 0 Å². The van der Waals surface area contributed by atoms with Crippen LogP contribution in [-0.4, -0.2) is 9.97 Å². The Bertz CT molecular complexity index is 502. The van der Waals surface area contributed by atoms with Crippen molar-refractivity contribution in [2.45, 2.75) is 20.8 Å². The molecule has 0 aromatic carbocycles. The summed E-state index contributed by atoms with van der Waals surface area (Å²) >= 11 is 5.07. The summed E-state index contributed by atoms with van der Waals surface area (Å²) in [5.74, 6) is 0.828. The Balaban J connectivity index is 2.23. The largest absolute Gasteiger partial charge is 0.316 e. The van der Waals surface area contributed by atoms with E-state index in [1.54, 1.807) is 11.3 Å². The van der Waals surface area contributed by atoms with E-state index in [9.17, 15) is 0 Å². The molecule has 5 heteroatoms. The number of rotatable bonds is 2. The van der Waals surface area contributed by atoms with E-state index < -0.39 is 0 Å². The zero-order valence-corrected chi connectivity index (χ0v) is 11.7. The fourth-order valence-electron chi connectivity index (χ4n) is 1.25. The van der Waals surface area contributed by atoms with Crippen LogP contribution in [0.1, 0.15) is 16.3 Å². The zero-order chi connectivity index (χ0) is 11.7. The Kier molecular flexibility index (Phi) is 3.25. The van der Waals surface area contributed by atoms with Crippen LogP contribution in [0.5, 0.6) is 0 Å². The van der Waals surface area contributed by atoms with E-state index in [0.29, 0.717) is 0 Å². The number of aromatic nitrogens is 2. The van der Waals surface area contributed by atoms with Gasteiger partial charge in [-0.05, 0) is 48.8 Å². The molecule has 0 aliphatic heterocycles. The molecular formula is C11H12BrN3S. The summed E-state index contributed by atoms with van der Waals surface area (Å²) in [5.41, 5.74) is 2.04. The van der Waals surface area contributed by atoms with E-state index >= 15 is 0 Å². The maximum Gasteiger partial charge on any atom is 0.188 e. The molecule has 2 heterocycles. The summed E-state index contributed by atoms with van der Waals surface area (Å²) in [6, 6.07) is 3.92. The van der Waals surface area contributed by atoms with Gasteiger partial charge in [0.25, 0.3) is 0 Å². The molecular weight excluding hydrogens is 286 g/mol. The number of hydrogen-bond acceptors (Lipinski definition) is 4. The lowest BCUT2D eigenvalue weighted by molar-refractivity contribution is 1.17. The van der Waals surface area contributed by atoms with Crippen molar-refractivity contribution in [1.29, 1.82) is 0 Å². The number of nitrogens with one attached hydrogen (secondary N) is 1. The second kappa shape index (κ2) is 4.51. The molecule has 0 unspecified atom stereocenters. The van der Waals surface area contributed by atoms with Crippen molar-refractivity contribution in [3.63, 3.8) is 0 Å². The number of pyridine rings is 1. The molecule has 16 heavy (non-hydrogen) atoms. The fourth-order valence-corrected chi connectivity index (χ4v) is 2.29. The maximum absolute atomic E-state index is 4.42. The van der Waals surface area contributed by atoms with Gasteiger partial charge in [-0.3, -0.25) is 0 Å². The van der Waals surface area contributed by atoms with Gasteiger partial charge in [-0.2, -0.15) is 0 Å². The molecule has 0 aliphatic carbocycles. The maximum atomic E-state index is 4.42. The topological polar surface area (TPSA) is 37.8 Å². The van der Waals surface area contributed by atoms with E-state index in [1.165, 1.54) is 4.88 Å². The van der Waals surface area contributed by atoms with Crippen molar-refractivity contribution in [2.75, 3.05) is 5.32 Å². The van der Waals surface area contributed by atoms with E-state index in [2.05, 4.69) is 38.1 Å². The number of aryl methyl sites for hydroxylation is 3. The van der Waals surface area contributed by atoms with E-state index in [-0.39, 0.29) is 0 Å². The number of thiazole rings is 1. The molecule has 0 radical (unpaired) electrons. The van der Waals surface area contributed by atoms with Crippen molar-refractivity contribution in [1.82, 2.24) is 9.97 Å². The first kappa shape index (κ1) is 11.5. The Hall–Kier alpha value is -0.940. The minimum atomic E-state index is 0.828. The molecule has 0 saturated carbocycles. The summed E-state index contributed by atoms with van der Waals surface area (Å²) in [6.45, 7) is 6.04. The Morgan fingerprint density at radius 2 is 1.88 bits per heavy atom. The number of anilines is 2. The highest BCUT2D eigenvalue weighted by Gasteiger charge is 2.05. The second-order valence-corrected chi connectivity index (χ2v) is 5.61. The molecule has 3 nitrogen and oxygen atoms in total. The van der Waals surface area contributed by atoms with Crippen molar-refractivity contribution in [3.05, 3.63) is 32.9 Å². The third-order valence-electron chi connectivity index (χ3n) is 2.28. The molecule has 0 bridgehead atoms. The van der Waals surface area contributed by atoms with Crippen LogP contribution in [0.3, 0.4) is 0 Å². The second-order valence-electron chi connectivity index (χ2n) is 3.55. The molecule has 0 saturated heterocycles. The average Bonchev–Trinajstić information content (AvgIpc) is 2.52. The van der Waals surface area contributed by atoms with Crippen LogP contribution in [0.15, 0.2) is 16.6 Å². The quantitative estimate of drug-likeness (QED) is 0.911. The highest BCUT2D eigenvalue weighted by atomic mass is 79.9. The van der Waals surface area contributed by atoms with Gasteiger partial charge in [0.05, 0.1) is 11.4 Å². The van der Waals surface area contributed by atoms with Crippen LogP contribution in [0.25, 0.3) is 0 Å². The predicted molar refractivity (Wildman–Crippen MR) is 71.5 cm³/mol. The van der Waals surface area contributed by atoms with Gasteiger partial charge in [-0.25, -0.2) is 9.97 Å². The summed E-state index contributed by atoms with van der Waals surface area (Å²) < 4.78 is 1.02. The predicted octanol–water partition coefficient (Wildman–Crippen LogP) is 3.97. The monoisotopic (exact) mass is 297 g/mol. The van der Waals surface area contributed by atoms with Gasteiger partial charge in [-0.1, -0.05) is 0 Å². The molecule has 0 aliphatic rings. The average molecular weight is 298 g/mol. The molecule has 1 N–H and O–H groups in total. The standard InChI is InChI=1S/C11H12BrN3S/c1-6-8(3)16-11(14-6)15-10-5-4-9(12)7(2)13-10/h4-5H,1-3H3,(H,13,14,15). The van der Waals surface area contributed by atoms with Crippen LogP contribution < -0.4 is 5.32 Å². The van der Waals surface area contributed by atoms with Crippen molar-refractivity contribution in [3.8, 4) is 0 Å². The highest BCUT2D eigenvalue weighted by molar-refractivity contribution is 9.10. The fraction of sp³-hybridized carbons (Fsp3) is 0.273. The molecule has 0 spiro atoms. The molecule has 0 amide bonds. The first-order chi connectivity index (χ1) is 7.56. The van der Waals surface area contributed by atoms with E-state index in [4.69, 9.17) is 0 Å². The van der Waals surface area contributed by atoms with Gasteiger partial charge in [-0.15, -0.1) is 11.3 Å². The smallest absolute Gasteiger partial charge is 0.188 e. The molecule has 2 aromatic heterocycles. The minimum absolute atomic E-state index is 0.828. The lowest BCUT2D eigenvalue weighted by Crippen LogP contribution is -1.94. The third-order valence-corrected chi connectivity index (χ3v) is 4.11. The zero-order valence-electron chi connectivity index (χ0n) is 9.34. The lowest BCUT2D eigenvalue weighted by Gasteiger charge is -2.03. The van der Waals surface area contributed by atoms with Gasteiger partial charge in [0, 0.05) is 9.35 Å². The van der Waals surface area contributed by atoms with E-state index in [1.807, 2.05) is 26.0 Å². The van der Waals surface area contributed by atoms with Crippen LogP contribution in [0.4, 0.5) is 10.9 Å². The summed E-state index contributed by atoms with van der Waals surface area (Å²) in [4.78, 5) is 10.1. The lowest BCUT2D eigenvalue weighted by atomic mass is 10.4. The summed E-state index contributed by atoms with van der Waals surface area (Å²) in [5, 5.41) is 4.10. The summed E-state index contributed by atoms with van der Waals surface area (Å²) in [6.07, 6.45) is 0. The van der Waals surface area contributed by atoms with Crippen molar-refractivity contribution in [2.24, 2.45) is 0 Å². The van der Waals surface area contributed by atoms with E-state index in [0.717, 1.165) is 26.8 Å². The molecule has 0 fully saturated rings. The van der Waals surface area contributed by atoms with Crippen LogP contribution in [0, 0.1) is 20.8 Å². The molecule has 84 valence electrons. The van der Waals surface area contributed by atoms with Gasteiger partial charge in [0.1, 0.15) is 5.82 Å². The number of nitrogens with zero attached hydrogens (tertiary/aromatic N) is 2. The Morgan fingerprint density at radius 3 is 2.44 bits per heavy atom. The van der Waals surface area contributed by atoms with Gasteiger partial charge in [0.2, 0.25) is 0 Å². The number of hydrogen-bond donors (Lipinski definition) is 1. The third kappa shape index (κ3) is 2.41. The summed E-state index contributed by atoms with van der Waals surface area (Å²) in [7, 11) is 0. The first-order valence-corrected chi connectivity index (χ1v) is 6.51. The van der Waals surface area contributed by atoms with Gasteiger partial charge < -0.3 is 5.32 Å². The Labute approximate surface area is 107 Å². The Morgan fingerprint density at radius 1 is 1.12 bits per heavy atom. The van der Waals surface area contributed by atoms with Crippen LogP contribution >= 0.6 is 27.3 Å².